The third kappa shape index (κ3) is 4.82. The molecular weight excluding hydrogens is 376 g/mol. The van der Waals surface area contributed by atoms with E-state index in [2.05, 4.69) is 40.2 Å². The van der Waals surface area contributed by atoms with Gasteiger partial charge in [0.1, 0.15) is 12.3 Å². The normalized spacial score (nSPS) is 14.1. The van der Waals surface area contributed by atoms with E-state index in [4.69, 9.17) is 4.74 Å². The van der Waals surface area contributed by atoms with Crippen molar-refractivity contribution < 1.29 is 9.53 Å². The summed E-state index contributed by atoms with van der Waals surface area (Å²) in [4.78, 5) is 22.3. The van der Waals surface area contributed by atoms with Gasteiger partial charge in [-0.25, -0.2) is 9.78 Å². The van der Waals surface area contributed by atoms with Crippen molar-refractivity contribution in [2.75, 3.05) is 18.4 Å². The van der Waals surface area contributed by atoms with Gasteiger partial charge in [0.05, 0.1) is 11.9 Å². The van der Waals surface area contributed by atoms with Gasteiger partial charge in [0, 0.05) is 36.4 Å². The van der Waals surface area contributed by atoms with Crippen molar-refractivity contribution in [3.05, 3.63) is 66.1 Å². The van der Waals surface area contributed by atoms with Gasteiger partial charge in [-0.2, -0.15) is 0 Å². The van der Waals surface area contributed by atoms with Crippen LogP contribution in [-0.4, -0.2) is 34.1 Å². The molecule has 1 aliphatic rings. The fourth-order valence-corrected chi connectivity index (χ4v) is 3.85. The second-order valence-electron chi connectivity index (χ2n) is 8.16. The molecule has 0 bridgehead atoms. The molecule has 4 rings (SSSR count). The summed E-state index contributed by atoms with van der Waals surface area (Å²) in [6.07, 6.45) is 7.63. The summed E-state index contributed by atoms with van der Waals surface area (Å²) >= 11 is 0. The van der Waals surface area contributed by atoms with Crippen LogP contribution in [0.4, 0.5) is 10.5 Å². The van der Waals surface area contributed by atoms with Crippen molar-refractivity contribution in [1.29, 1.82) is 0 Å². The van der Waals surface area contributed by atoms with E-state index in [1.54, 1.807) is 6.20 Å². The maximum Gasteiger partial charge on any atom is 0.412 e. The molecule has 6 heteroatoms. The number of nitrogens with zero attached hydrogens (tertiary/aromatic N) is 2. The Balaban J connectivity index is 1.48. The molecule has 0 saturated heterocycles. The lowest BCUT2D eigenvalue weighted by atomic mass is 9.98. The number of rotatable bonds is 6. The summed E-state index contributed by atoms with van der Waals surface area (Å²) < 4.78 is 5.32. The molecule has 2 N–H and O–H groups in total. The van der Waals surface area contributed by atoms with Crippen molar-refractivity contribution in [3.63, 3.8) is 0 Å². The highest BCUT2D eigenvalue weighted by Gasteiger charge is 2.17. The number of aromatic nitrogens is 2. The number of hydrogen-bond acceptors (Lipinski definition) is 4. The number of aromatic amines is 1. The summed E-state index contributed by atoms with van der Waals surface area (Å²) in [6.45, 7) is 6.88. The van der Waals surface area contributed by atoms with Crippen LogP contribution in [0.3, 0.4) is 0 Å². The van der Waals surface area contributed by atoms with Crippen LogP contribution in [0.25, 0.3) is 16.6 Å². The SMILES string of the molecule is CC(C)CN1C=C(c2c[nH]c3ncc(NC(=O)OCc4ccccc4)cc23)CCC1. The van der Waals surface area contributed by atoms with Gasteiger partial charge in [0.2, 0.25) is 0 Å². The number of carbonyl (C=O) groups is 1. The van der Waals surface area contributed by atoms with Crippen LogP contribution in [0.5, 0.6) is 0 Å². The lowest BCUT2D eigenvalue weighted by Crippen LogP contribution is -2.26. The van der Waals surface area contributed by atoms with E-state index in [1.807, 2.05) is 42.6 Å². The van der Waals surface area contributed by atoms with Crippen LogP contribution in [0.2, 0.25) is 0 Å². The number of fused-ring (bicyclic) bond motifs is 1. The molecule has 156 valence electrons. The molecule has 1 amide bonds. The standard InChI is InChI=1S/C24H28N4O2/c1-17(2)14-28-10-6-9-19(15-28)22-13-26-23-21(22)11-20(12-25-23)27-24(29)30-16-18-7-4-3-5-8-18/h3-5,7-8,11-13,15,17H,6,9-10,14,16H2,1-2H3,(H,25,26)(H,27,29). The van der Waals surface area contributed by atoms with Crippen LogP contribution in [0.1, 0.15) is 37.8 Å². The number of ether oxygens (including phenoxy) is 1. The van der Waals surface area contributed by atoms with E-state index in [0.29, 0.717) is 11.6 Å². The largest absolute Gasteiger partial charge is 0.444 e. The fraction of sp³-hybridized carbons (Fsp3) is 0.333. The molecule has 0 saturated carbocycles. The molecule has 0 spiro atoms. The quantitative estimate of drug-likeness (QED) is 0.577. The Labute approximate surface area is 177 Å². The molecule has 6 nitrogen and oxygen atoms in total. The fourth-order valence-electron chi connectivity index (χ4n) is 3.85. The Morgan fingerprint density at radius 3 is 2.93 bits per heavy atom. The summed E-state index contributed by atoms with van der Waals surface area (Å²) in [5, 5.41) is 3.80. The van der Waals surface area contributed by atoms with E-state index in [0.717, 1.165) is 48.1 Å². The number of amides is 1. The molecule has 2 aromatic heterocycles. The predicted octanol–water partition coefficient (Wildman–Crippen LogP) is 5.40. The van der Waals surface area contributed by atoms with E-state index < -0.39 is 6.09 Å². The van der Waals surface area contributed by atoms with Crippen LogP contribution >= 0.6 is 0 Å². The first-order chi connectivity index (χ1) is 14.6. The van der Waals surface area contributed by atoms with Gasteiger partial charge >= 0.3 is 6.09 Å². The van der Waals surface area contributed by atoms with Crippen molar-refractivity contribution >= 4 is 28.4 Å². The zero-order valence-corrected chi connectivity index (χ0v) is 17.5. The average Bonchev–Trinajstić information content (AvgIpc) is 3.16. The van der Waals surface area contributed by atoms with E-state index in [1.165, 1.54) is 5.57 Å². The van der Waals surface area contributed by atoms with Gasteiger partial charge in [0.25, 0.3) is 0 Å². The average molecular weight is 405 g/mol. The highest BCUT2D eigenvalue weighted by molar-refractivity contribution is 5.94. The molecule has 0 fully saturated rings. The molecule has 3 aromatic rings. The number of pyridine rings is 1. The Morgan fingerprint density at radius 1 is 1.30 bits per heavy atom. The number of benzene rings is 1. The van der Waals surface area contributed by atoms with Gasteiger partial charge in [-0.1, -0.05) is 44.2 Å². The maximum atomic E-state index is 12.2. The Kier molecular flexibility index (Phi) is 6.02. The van der Waals surface area contributed by atoms with Crippen molar-refractivity contribution in [1.82, 2.24) is 14.9 Å². The second-order valence-corrected chi connectivity index (χ2v) is 8.16. The highest BCUT2D eigenvalue weighted by Crippen LogP contribution is 2.31. The number of hydrogen-bond donors (Lipinski definition) is 2. The molecule has 0 atom stereocenters. The van der Waals surface area contributed by atoms with Crippen molar-refractivity contribution in [2.45, 2.75) is 33.3 Å². The topological polar surface area (TPSA) is 70.2 Å². The first-order valence-electron chi connectivity index (χ1n) is 10.5. The van der Waals surface area contributed by atoms with Crippen molar-refractivity contribution in [3.8, 4) is 0 Å². The van der Waals surface area contributed by atoms with Gasteiger partial charge in [-0.15, -0.1) is 0 Å². The van der Waals surface area contributed by atoms with Crippen LogP contribution < -0.4 is 5.32 Å². The summed E-state index contributed by atoms with van der Waals surface area (Å²) in [7, 11) is 0. The Bertz CT molecular complexity index is 1040. The third-order valence-electron chi connectivity index (χ3n) is 5.17. The summed E-state index contributed by atoms with van der Waals surface area (Å²) in [6, 6.07) is 11.6. The molecule has 0 unspecified atom stereocenters. The third-order valence-corrected chi connectivity index (χ3v) is 5.17. The van der Waals surface area contributed by atoms with E-state index in [9.17, 15) is 4.79 Å². The zero-order chi connectivity index (χ0) is 20.9. The minimum absolute atomic E-state index is 0.232. The molecule has 0 radical (unpaired) electrons. The Morgan fingerprint density at radius 2 is 2.13 bits per heavy atom. The number of H-pyrrole nitrogens is 1. The van der Waals surface area contributed by atoms with Gasteiger partial charge in [-0.05, 0) is 36.0 Å². The zero-order valence-electron chi connectivity index (χ0n) is 17.5. The number of nitrogens with one attached hydrogen (secondary N) is 2. The lowest BCUT2D eigenvalue weighted by molar-refractivity contribution is 0.155. The lowest BCUT2D eigenvalue weighted by Gasteiger charge is -2.28. The number of allylic oxidation sites excluding steroid dienone is 1. The molecule has 3 heterocycles. The maximum absolute atomic E-state index is 12.2. The molecule has 30 heavy (non-hydrogen) atoms. The second kappa shape index (κ2) is 9.03. The summed E-state index contributed by atoms with van der Waals surface area (Å²) in [5.41, 5.74) is 4.84. The number of anilines is 1. The highest BCUT2D eigenvalue weighted by atomic mass is 16.5. The van der Waals surface area contributed by atoms with Crippen LogP contribution in [0, 0.1) is 5.92 Å². The van der Waals surface area contributed by atoms with Gasteiger partial charge in [0.15, 0.2) is 0 Å². The van der Waals surface area contributed by atoms with E-state index in [-0.39, 0.29) is 6.61 Å². The molecule has 0 aliphatic carbocycles. The Hall–Kier alpha value is -3.28. The minimum atomic E-state index is -0.489. The minimum Gasteiger partial charge on any atom is -0.444 e. The van der Waals surface area contributed by atoms with Crippen LogP contribution in [-0.2, 0) is 11.3 Å². The van der Waals surface area contributed by atoms with Crippen LogP contribution in [0.15, 0.2) is 55.0 Å². The molecule has 1 aromatic carbocycles. The van der Waals surface area contributed by atoms with E-state index >= 15 is 0 Å². The molecular formula is C24H28N4O2. The van der Waals surface area contributed by atoms with Gasteiger partial charge in [-0.3, -0.25) is 5.32 Å². The first-order valence-corrected chi connectivity index (χ1v) is 10.5. The summed E-state index contributed by atoms with van der Waals surface area (Å²) in [5.74, 6) is 0.628. The van der Waals surface area contributed by atoms with Gasteiger partial charge < -0.3 is 14.6 Å². The smallest absolute Gasteiger partial charge is 0.412 e. The predicted molar refractivity (Wildman–Crippen MR) is 120 cm³/mol. The first kappa shape index (κ1) is 20.0. The van der Waals surface area contributed by atoms with Crippen molar-refractivity contribution in [2.24, 2.45) is 5.92 Å². The number of carbonyl (C=O) groups excluding carboxylic acids is 1. The monoisotopic (exact) mass is 404 g/mol. The molecule has 1 aliphatic heterocycles.